The zero-order valence-electron chi connectivity index (χ0n) is 11.8. The van der Waals surface area contributed by atoms with Gasteiger partial charge in [-0.25, -0.2) is 0 Å². The Labute approximate surface area is 110 Å². The molecular weight excluding hydrogens is 224 g/mol. The predicted molar refractivity (Wildman–Crippen MR) is 73.1 cm³/mol. The second-order valence-electron chi connectivity index (χ2n) is 6.49. The van der Waals surface area contributed by atoms with Gasteiger partial charge in [-0.1, -0.05) is 39.8 Å². The molecule has 2 aliphatic rings. The summed E-state index contributed by atoms with van der Waals surface area (Å²) in [6.45, 7) is 9.78. The van der Waals surface area contributed by atoms with Gasteiger partial charge in [0.2, 0.25) is 0 Å². The molecule has 18 heavy (non-hydrogen) atoms. The molecule has 2 atom stereocenters. The number of ketones is 1. The van der Waals surface area contributed by atoms with Gasteiger partial charge in [-0.2, -0.15) is 0 Å². The van der Waals surface area contributed by atoms with Gasteiger partial charge in [0.25, 0.3) is 0 Å². The first-order valence-electron chi connectivity index (χ1n) is 7.00. The third-order valence-corrected chi connectivity index (χ3v) is 3.91. The minimum atomic E-state index is -0.313. The van der Waals surface area contributed by atoms with Crippen molar-refractivity contribution in [3.05, 3.63) is 24.0 Å². The van der Waals surface area contributed by atoms with Crippen molar-refractivity contribution < 1.29 is 9.53 Å². The number of allylic oxidation sites excluding steroid dienone is 2. The molecule has 0 spiro atoms. The summed E-state index contributed by atoms with van der Waals surface area (Å²) in [4.78, 5) is 12.5. The van der Waals surface area contributed by atoms with E-state index in [1.165, 1.54) is 6.42 Å². The average Bonchev–Trinajstić information content (AvgIpc) is 2.61. The molecule has 0 bridgehead atoms. The van der Waals surface area contributed by atoms with Crippen molar-refractivity contribution in [2.75, 3.05) is 0 Å². The molecule has 1 aliphatic heterocycles. The van der Waals surface area contributed by atoms with E-state index in [0.29, 0.717) is 5.92 Å². The molecule has 2 heteroatoms. The van der Waals surface area contributed by atoms with E-state index in [9.17, 15) is 4.79 Å². The third-order valence-electron chi connectivity index (χ3n) is 3.91. The summed E-state index contributed by atoms with van der Waals surface area (Å²) in [6.07, 6.45) is 7.31. The van der Waals surface area contributed by atoms with Crippen molar-refractivity contribution in [2.24, 2.45) is 11.3 Å². The fraction of sp³-hybridized carbons (Fsp3) is 0.688. The Balaban J connectivity index is 2.35. The number of ether oxygens (including phenoxy) is 1. The first-order valence-corrected chi connectivity index (χ1v) is 7.00. The first kappa shape index (κ1) is 13.4. The van der Waals surface area contributed by atoms with Gasteiger partial charge in [0.15, 0.2) is 5.78 Å². The van der Waals surface area contributed by atoms with Crippen molar-refractivity contribution >= 4 is 5.78 Å². The van der Waals surface area contributed by atoms with Crippen molar-refractivity contribution in [3.63, 3.8) is 0 Å². The molecule has 2 nitrogen and oxygen atoms in total. The van der Waals surface area contributed by atoms with Crippen LogP contribution in [-0.4, -0.2) is 11.9 Å². The molecule has 0 saturated carbocycles. The summed E-state index contributed by atoms with van der Waals surface area (Å²) < 4.78 is 5.96. The van der Waals surface area contributed by atoms with Gasteiger partial charge >= 0.3 is 0 Å². The molecule has 1 saturated heterocycles. The van der Waals surface area contributed by atoms with Crippen LogP contribution in [0.25, 0.3) is 0 Å². The van der Waals surface area contributed by atoms with Crippen LogP contribution in [0, 0.1) is 11.3 Å². The maximum atomic E-state index is 12.5. The predicted octanol–water partition coefficient (Wildman–Crippen LogP) is 4.02. The number of Topliss-reactive ketones (excluding diaryl/α,β-unsaturated/α-hetero) is 1. The van der Waals surface area contributed by atoms with Crippen molar-refractivity contribution in [1.29, 1.82) is 0 Å². The molecule has 0 aromatic heterocycles. The quantitative estimate of drug-likeness (QED) is 0.690. The zero-order valence-corrected chi connectivity index (χ0v) is 11.8. The molecule has 2 rings (SSSR count). The van der Waals surface area contributed by atoms with Crippen LogP contribution in [0.5, 0.6) is 0 Å². The Kier molecular flexibility index (Phi) is 3.65. The van der Waals surface area contributed by atoms with E-state index in [-0.39, 0.29) is 17.3 Å². The average molecular weight is 248 g/mol. The number of carbonyl (C=O) groups is 1. The lowest BCUT2D eigenvalue weighted by atomic mass is 9.83. The minimum Gasteiger partial charge on any atom is -0.490 e. The van der Waals surface area contributed by atoms with E-state index < -0.39 is 0 Å². The normalized spacial score (nSPS) is 28.4. The van der Waals surface area contributed by atoms with E-state index >= 15 is 0 Å². The standard InChI is InChI=1S/C16H24O2/c1-5-12-10-11-8-6-7-9-13(14(11)18-12)15(17)16(2,3)4/h5,11-12H,1,6-10H2,2-4H3/t11-,12+/m1/s1. The molecule has 0 radical (unpaired) electrons. The van der Waals surface area contributed by atoms with Crippen LogP contribution in [0.15, 0.2) is 24.0 Å². The van der Waals surface area contributed by atoms with Gasteiger partial charge < -0.3 is 4.74 Å². The van der Waals surface area contributed by atoms with Crippen LogP contribution in [0.3, 0.4) is 0 Å². The second-order valence-corrected chi connectivity index (χ2v) is 6.49. The van der Waals surface area contributed by atoms with Crippen molar-refractivity contribution in [1.82, 2.24) is 0 Å². The monoisotopic (exact) mass is 248 g/mol. The summed E-state index contributed by atoms with van der Waals surface area (Å²) in [5.41, 5.74) is 0.640. The first-order chi connectivity index (χ1) is 8.43. The maximum absolute atomic E-state index is 12.5. The summed E-state index contributed by atoms with van der Waals surface area (Å²) in [5.74, 6) is 1.68. The Morgan fingerprint density at radius 2 is 2.11 bits per heavy atom. The lowest BCUT2D eigenvalue weighted by Gasteiger charge is -2.21. The second kappa shape index (κ2) is 4.91. The van der Waals surface area contributed by atoms with E-state index in [1.807, 2.05) is 26.8 Å². The highest BCUT2D eigenvalue weighted by Crippen LogP contribution is 2.41. The van der Waals surface area contributed by atoms with E-state index in [2.05, 4.69) is 6.58 Å². The largest absolute Gasteiger partial charge is 0.490 e. The zero-order chi connectivity index (χ0) is 13.3. The lowest BCUT2D eigenvalue weighted by Crippen LogP contribution is -2.23. The number of rotatable bonds is 2. The van der Waals surface area contributed by atoms with Gasteiger partial charge in [0.1, 0.15) is 11.9 Å². The molecule has 1 heterocycles. The smallest absolute Gasteiger partial charge is 0.167 e. The van der Waals surface area contributed by atoms with Gasteiger partial charge in [-0.3, -0.25) is 4.79 Å². The van der Waals surface area contributed by atoms with Crippen LogP contribution in [0.1, 0.15) is 52.9 Å². The summed E-state index contributed by atoms with van der Waals surface area (Å²) in [7, 11) is 0. The van der Waals surface area contributed by atoms with Crippen molar-refractivity contribution in [2.45, 2.75) is 59.0 Å². The van der Waals surface area contributed by atoms with E-state index in [4.69, 9.17) is 4.74 Å². The number of carbonyl (C=O) groups excluding carboxylic acids is 1. The molecule has 0 amide bonds. The molecule has 0 aromatic carbocycles. The Bertz CT molecular complexity index is 384. The molecular formula is C16H24O2. The highest BCUT2D eigenvalue weighted by Gasteiger charge is 2.37. The van der Waals surface area contributed by atoms with Crippen LogP contribution in [-0.2, 0) is 9.53 Å². The lowest BCUT2D eigenvalue weighted by molar-refractivity contribution is -0.122. The highest BCUT2D eigenvalue weighted by molar-refractivity contribution is 5.99. The van der Waals surface area contributed by atoms with Gasteiger partial charge in [-0.05, 0) is 25.7 Å². The van der Waals surface area contributed by atoms with Crippen LogP contribution in [0.2, 0.25) is 0 Å². The minimum absolute atomic E-state index is 0.103. The van der Waals surface area contributed by atoms with Gasteiger partial charge in [0, 0.05) is 16.9 Å². The molecule has 100 valence electrons. The van der Waals surface area contributed by atoms with Crippen molar-refractivity contribution in [3.8, 4) is 0 Å². The number of hydrogen-bond donors (Lipinski definition) is 0. The Morgan fingerprint density at radius 3 is 2.72 bits per heavy atom. The fourth-order valence-corrected chi connectivity index (χ4v) is 2.90. The molecule has 1 fully saturated rings. The molecule has 0 N–H and O–H groups in total. The topological polar surface area (TPSA) is 26.3 Å². The number of hydrogen-bond acceptors (Lipinski definition) is 2. The van der Waals surface area contributed by atoms with Crippen LogP contribution < -0.4 is 0 Å². The molecule has 1 aliphatic carbocycles. The molecule has 0 aromatic rings. The fourth-order valence-electron chi connectivity index (χ4n) is 2.90. The SMILES string of the molecule is C=C[C@H]1C[C@H]2CCCCC(C(=O)C(C)(C)C)=C2O1. The summed E-state index contributed by atoms with van der Waals surface area (Å²) in [5, 5.41) is 0. The molecule has 0 unspecified atom stereocenters. The third kappa shape index (κ3) is 2.52. The maximum Gasteiger partial charge on any atom is 0.167 e. The van der Waals surface area contributed by atoms with Crippen LogP contribution in [0.4, 0.5) is 0 Å². The van der Waals surface area contributed by atoms with E-state index in [0.717, 1.165) is 37.0 Å². The highest BCUT2D eigenvalue weighted by atomic mass is 16.5. The Morgan fingerprint density at radius 1 is 1.39 bits per heavy atom. The van der Waals surface area contributed by atoms with Gasteiger partial charge in [0.05, 0.1) is 0 Å². The number of fused-ring (bicyclic) bond motifs is 1. The summed E-state index contributed by atoms with van der Waals surface area (Å²) >= 11 is 0. The van der Waals surface area contributed by atoms with Crippen LogP contribution >= 0.6 is 0 Å². The summed E-state index contributed by atoms with van der Waals surface area (Å²) in [6, 6.07) is 0. The van der Waals surface area contributed by atoms with Gasteiger partial charge in [-0.15, -0.1) is 0 Å². The Hall–Kier alpha value is -1.05. The van der Waals surface area contributed by atoms with E-state index in [1.54, 1.807) is 0 Å².